The second-order valence-electron chi connectivity index (χ2n) is 6.73. The van der Waals surface area contributed by atoms with E-state index < -0.39 is 0 Å². The van der Waals surface area contributed by atoms with Crippen LogP contribution >= 0.6 is 11.8 Å². The van der Waals surface area contributed by atoms with Crippen molar-refractivity contribution in [1.82, 2.24) is 15.5 Å². The Labute approximate surface area is 152 Å². The summed E-state index contributed by atoms with van der Waals surface area (Å²) in [7, 11) is 0. The molecule has 0 aromatic rings. The number of nitrogens with zero attached hydrogens (tertiary/aromatic N) is 2. The fourth-order valence-corrected chi connectivity index (χ4v) is 4.94. The van der Waals surface area contributed by atoms with E-state index in [0.717, 1.165) is 63.9 Å². The Morgan fingerprint density at radius 1 is 1.25 bits per heavy atom. The molecule has 0 aliphatic carbocycles. The summed E-state index contributed by atoms with van der Waals surface area (Å²) in [5.74, 6) is 2.12. The lowest BCUT2D eigenvalue weighted by Crippen LogP contribution is -2.46. The highest BCUT2D eigenvalue weighted by Gasteiger charge is 2.32. The van der Waals surface area contributed by atoms with E-state index in [1.165, 1.54) is 19.4 Å². The average Bonchev–Trinajstić information content (AvgIpc) is 3.06. The minimum absolute atomic E-state index is 0.262. The maximum Gasteiger partial charge on any atom is 0.191 e. The fraction of sp³-hybridized carbons (Fsp3) is 0.944. The van der Waals surface area contributed by atoms with Crippen molar-refractivity contribution in [3.63, 3.8) is 0 Å². The molecule has 0 aromatic heterocycles. The highest BCUT2D eigenvalue weighted by Crippen LogP contribution is 2.35. The molecule has 2 rings (SSSR count). The lowest BCUT2D eigenvalue weighted by molar-refractivity contribution is 0.0793. The van der Waals surface area contributed by atoms with Crippen LogP contribution in [0, 0.1) is 0 Å². The number of likely N-dealkylation sites (N-methyl/N-ethyl adjacent to an activating group) is 1. The van der Waals surface area contributed by atoms with Crippen LogP contribution < -0.4 is 10.6 Å². The van der Waals surface area contributed by atoms with Crippen molar-refractivity contribution in [2.75, 3.05) is 51.7 Å². The molecule has 0 bridgehead atoms. The molecule has 2 fully saturated rings. The second-order valence-corrected chi connectivity index (χ2v) is 8.46. The number of ether oxygens (including phenoxy) is 1. The molecule has 1 atom stereocenters. The second kappa shape index (κ2) is 10.5. The van der Waals surface area contributed by atoms with Crippen LogP contribution in [0.25, 0.3) is 0 Å². The van der Waals surface area contributed by atoms with Crippen molar-refractivity contribution in [3.05, 3.63) is 0 Å². The summed E-state index contributed by atoms with van der Waals surface area (Å²) >= 11 is 2.06. The third kappa shape index (κ3) is 5.81. The van der Waals surface area contributed by atoms with Crippen LogP contribution in [0.1, 0.15) is 46.5 Å². The quantitative estimate of drug-likeness (QED) is 0.516. The third-order valence-corrected chi connectivity index (χ3v) is 6.57. The molecule has 24 heavy (non-hydrogen) atoms. The van der Waals surface area contributed by atoms with Gasteiger partial charge in [0.25, 0.3) is 0 Å². The summed E-state index contributed by atoms with van der Waals surface area (Å²) in [6.45, 7) is 13.6. The summed E-state index contributed by atoms with van der Waals surface area (Å²) in [6, 6.07) is 0.654. The molecule has 0 aromatic carbocycles. The summed E-state index contributed by atoms with van der Waals surface area (Å²) in [4.78, 5) is 7.51. The van der Waals surface area contributed by atoms with Crippen LogP contribution in [0.4, 0.5) is 0 Å². The molecular weight excluding hydrogens is 320 g/mol. The molecule has 1 unspecified atom stereocenters. The average molecular weight is 357 g/mol. The molecular formula is C18H36N4OS. The number of aliphatic imine (C=N–C) groups is 1. The lowest BCUT2D eigenvalue weighted by atomic mass is 9.99. The van der Waals surface area contributed by atoms with Crippen molar-refractivity contribution in [2.24, 2.45) is 4.99 Å². The Balaban J connectivity index is 1.91. The van der Waals surface area contributed by atoms with Crippen molar-refractivity contribution in [1.29, 1.82) is 0 Å². The minimum atomic E-state index is 0.262. The van der Waals surface area contributed by atoms with E-state index in [1.54, 1.807) is 0 Å². The topological polar surface area (TPSA) is 48.9 Å². The molecule has 2 aliphatic rings. The van der Waals surface area contributed by atoms with Crippen molar-refractivity contribution < 1.29 is 4.74 Å². The minimum Gasteiger partial charge on any atom is -0.381 e. The maximum absolute atomic E-state index is 5.57. The molecule has 0 amide bonds. The molecule has 2 N–H and O–H groups in total. The van der Waals surface area contributed by atoms with Crippen molar-refractivity contribution in [3.8, 4) is 0 Å². The number of guanidine groups is 1. The predicted octanol–water partition coefficient (Wildman–Crippen LogP) is 2.33. The Morgan fingerprint density at radius 3 is 2.71 bits per heavy atom. The Bertz CT molecular complexity index is 380. The number of hydrogen-bond acceptors (Lipinski definition) is 4. The third-order valence-electron chi connectivity index (χ3n) is 5.13. The number of likely N-dealkylation sites (tertiary alicyclic amines) is 1. The van der Waals surface area contributed by atoms with Gasteiger partial charge in [0.1, 0.15) is 0 Å². The monoisotopic (exact) mass is 356 g/mol. The smallest absolute Gasteiger partial charge is 0.191 e. The van der Waals surface area contributed by atoms with Gasteiger partial charge in [-0.05, 0) is 51.4 Å². The maximum atomic E-state index is 5.57. The Morgan fingerprint density at radius 2 is 2.04 bits per heavy atom. The van der Waals surface area contributed by atoms with Gasteiger partial charge in [-0.2, -0.15) is 11.8 Å². The Hall–Kier alpha value is -0.460. The van der Waals surface area contributed by atoms with Gasteiger partial charge in [-0.15, -0.1) is 0 Å². The van der Waals surface area contributed by atoms with Crippen LogP contribution in [0.3, 0.4) is 0 Å². The molecule has 0 radical (unpaired) electrons. The SMILES string of the molecule is CCNC(=NCC1(SCC)CCOCC1)NCC1CCCN1CC. The van der Waals surface area contributed by atoms with Crippen LogP contribution in [0.15, 0.2) is 4.99 Å². The molecule has 6 heteroatoms. The number of hydrogen-bond donors (Lipinski definition) is 2. The number of nitrogens with one attached hydrogen (secondary N) is 2. The standard InChI is InChI=1S/C18H36N4OS/c1-4-19-17(20-14-16-8-7-11-22(16)5-2)21-15-18(24-6-3)9-12-23-13-10-18/h16H,4-15H2,1-3H3,(H2,19,20,21). The number of thioether (sulfide) groups is 1. The lowest BCUT2D eigenvalue weighted by Gasteiger charge is -2.35. The van der Waals surface area contributed by atoms with Gasteiger partial charge in [0.05, 0.1) is 6.54 Å². The van der Waals surface area contributed by atoms with Gasteiger partial charge in [0, 0.05) is 37.1 Å². The zero-order valence-corrected chi connectivity index (χ0v) is 16.6. The highest BCUT2D eigenvalue weighted by atomic mass is 32.2. The van der Waals surface area contributed by atoms with Gasteiger partial charge in [0.15, 0.2) is 5.96 Å². The summed E-state index contributed by atoms with van der Waals surface area (Å²) in [5, 5.41) is 7.00. The van der Waals surface area contributed by atoms with Crippen LogP contribution in [0.5, 0.6) is 0 Å². The molecule has 0 saturated carbocycles. The fourth-order valence-electron chi connectivity index (χ4n) is 3.72. The first kappa shape index (κ1) is 19.9. The van der Waals surface area contributed by atoms with E-state index in [2.05, 4.69) is 48.1 Å². The zero-order chi connectivity index (χ0) is 17.3. The molecule has 140 valence electrons. The first-order valence-corrected chi connectivity index (χ1v) is 10.7. The van der Waals surface area contributed by atoms with E-state index >= 15 is 0 Å². The van der Waals surface area contributed by atoms with Crippen molar-refractivity contribution in [2.45, 2.75) is 57.2 Å². The van der Waals surface area contributed by atoms with Crippen LogP contribution in [-0.4, -0.2) is 73.3 Å². The highest BCUT2D eigenvalue weighted by molar-refractivity contribution is 8.00. The van der Waals surface area contributed by atoms with Gasteiger partial charge < -0.3 is 15.4 Å². The van der Waals surface area contributed by atoms with Gasteiger partial charge in [-0.1, -0.05) is 13.8 Å². The normalized spacial score (nSPS) is 25.0. The Kier molecular flexibility index (Phi) is 8.70. The van der Waals surface area contributed by atoms with E-state index in [4.69, 9.17) is 9.73 Å². The summed E-state index contributed by atoms with van der Waals surface area (Å²) in [6.07, 6.45) is 4.85. The van der Waals surface area contributed by atoms with Gasteiger partial charge >= 0.3 is 0 Å². The van der Waals surface area contributed by atoms with Crippen LogP contribution in [0.2, 0.25) is 0 Å². The largest absolute Gasteiger partial charge is 0.381 e. The van der Waals surface area contributed by atoms with Gasteiger partial charge in [-0.25, -0.2) is 0 Å². The zero-order valence-electron chi connectivity index (χ0n) is 15.8. The summed E-state index contributed by atoms with van der Waals surface area (Å²) in [5.41, 5.74) is 0. The molecule has 2 heterocycles. The summed E-state index contributed by atoms with van der Waals surface area (Å²) < 4.78 is 5.83. The van der Waals surface area contributed by atoms with E-state index in [1.807, 2.05) is 0 Å². The van der Waals surface area contributed by atoms with E-state index in [0.29, 0.717) is 6.04 Å². The molecule has 2 aliphatic heterocycles. The first-order chi connectivity index (χ1) is 11.7. The predicted molar refractivity (Wildman–Crippen MR) is 105 cm³/mol. The first-order valence-electron chi connectivity index (χ1n) is 9.71. The molecule has 0 spiro atoms. The van der Waals surface area contributed by atoms with Gasteiger partial charge in [-0.3, -0.25) is 9.89 Å². The molecule has 2 saturated heterocycles. The van der Waals surface area contributed by atoms with E-state index in [-0.39, 0.29) is 4.75 Å². The molecule has 5 nitrogen and oxygen atoms in total. The van der Waals surface area contributed by atoms with Crippen LogP contribution in [-0.2, 0) is 4.74 Å². The number of rotatable bonds is 8. The van der Waals surface area contributed by atoms with E-state index in [9.17, 15) is 0 Å². The van der Waals surface area contributed by atoms with Gasteiger partial charge in [0.2, 0.25) is 0 Å². The van der Waals surface area contributed by atoms with Crippen molar-refractivity contribution >= 4 is 17.7 Å².